The molecular weight excluding hydrogens is 537 g/mol. The highest BCUT2D eigenvalue weighted by molar-refractivity contribution is 8.01. The molecule has 0 aliphatic heterocycles. The number of ether oxygens (including phenoxy) is 1. The summed E-state index contributed by atoms with van der Waals surface area (Å²) in [6.45, 7) is 2.06. The predicted molar refractivity (Wildman–Crippen MR) is 141 cm³/mol. The van der Waals surface area contributed by atoms with Crippen molar-refractivity contribution in [3.8, 4) is 11.4 Å². The van der Waals surface area contributed by atoms with E-state index >= 15 is 0 Å². The number of methoxy groups -OCH3 is 1. The Labute approximate surface area is 224 Å². The molecule has 2 aromatic heterocycles. The molecule has 0 spiro atoms. The van der Waals surface area contributed by atoms with Gasteiger partial charge < -0.3 is 10.1 Å². The standard InChI is InChI=1S/C23H22FN7O3S3/c1-3-35-23-30-28-21(37-23)26-19(32)13-36-22-29-27-18(31(22)16-9-7-15(24)8-10-16)12-25-20(33)14-5-4-6-17(11-14)34-2/h4-11H,3,12-13H2,1-2H3,(H,25,33)(H,26,28,32). The molecule has 4 aromatic rings. The fourth-order valence-electron chi connectivity index (χ4n) is 3.11. The molecule has 0 radical (unpaired) electrons. The van der Waals surface area contributed by atoms with Crippen LogP contribution in [-0.4, -0.2) is 55.4 Å². The Balaban J connectivity index is 1.47. The summed E-state index contributed by atoms with van der Waals surface area (Å²) in [5, 5.41) is 22.8. The van der Waals surface area contributed by atoms with Gasteiger partial charge in [0.25, 0.3) is 5.91 Å². The van der Waals surface area contributed by atoms with Crippen LogP contribution in [0, 0.1) is 5.82 Å². The van der Waals surface area contributed by atoms with Crippen LogP contribution in [0.25, 0.3) is 5.69 Å². The SMILES string of the molecule is CCSc1nnc(NC(=O)CSc2nnc(CNC(=O)c3cccc(OC)c3)n2-c2ccc(F)cc2)s1. The smallest absolute Gasteiger partial charge is 0.251 e. The normalized spacial score (nSPS) is 10.8. The number of halogens is 1. The van der Waals surface area contributed by atoms with Gasteiger partial charge in [-0.3, -0.25) is 19.5 Å². The number of hydrogen-bond donors (Lipinski definition) is 2. The number of thioether (sulfide) groups is 2. The van der Waals surface area contributed by atoms with Gasteiger partial charge in [-0.2, -0.15) is 0 Å². The van der Waals surface area contributed by atoms with Gasteiger partial charge in [0.2, 0.25) is 11.0 Å². The first-order valence-electron chi connectivity index (χ1n) is 11.0. The van der Waals surface area contributed by atoms with Crippen LogP contribution >= 0.6 is 34.9 Å². The van der Waals surface area contributed by atoms with Gasteiger partial charge >= 0.3 is 0 Å². The number of anilines is 1. The van der Waals surface area contributed by atoms with Crippen LogP contribution in [-0.2, 0) is 11.3 Å². The number of rotatable bonds is 11. The molecule has 0 atom stereocenters. The highest BCUT2D eigenvalue weighted by Crippen LogP contribution is 2.26. The zero-order chi connectivity index (χ0) is 26.2. The maximum Gasteiger partial charge on any atom is 0.251 e. The van der Waals surface area contributed by atoms with E-state index in [0.29, 0.717) is 33.1 Å². The van der Waals surface area contributed by atoms with Gasteiger partial charge in [0.1, 0.15) is 11.6 Å². The maximum absolute atomic E-state index is 13.6. The van der Waals surface area contributed by atoms with Crippen LogP contribution in [0.3, 0.4) is 0 Å². The molecule has 0 fully saturated rings. The second-order valence-corrected chi connectivity index (χ2v) is 10.7. The van der Waals surface area contributed by atoms with Crippen LogP contribution in [0.5, 0.6) is 5.75 Å². The lowest BCUT2D eigenvalue weighted by Gasteiger charge is -2.11. The van der Waals surface area contributed by atoms with Crippen LogP contribution in [0.2, 0.25) is 0 Å². The van der Waals surface area contributed by atoms with Crippen molar-refractivity contribution in [1.29, 1.82) is 0 Å². The molecule has 0 bridgehead atoms. The fourth-order valence-corrected chi connectivity index (χ4v) is 5.55. The molecule has 192 valence electrons. The topological polar surface area (TPSA) is 124 Å². The highest BCUT2D eigenvalue weighted by atomic mass is 32.2. The van der Waals surface area contributed by atoms with Crippen molar-refractivity contribution in [1.82, 2.24) is 30.3 Å². The van der Waals surface area contributed by atoms with Gasteiger partial charge in [0.05, 0.1) is 19.4 Å². The van der Waals surface area contributed by atoms with Gasteiger partial charge in [-0.1, -0.05) is 47.9 Å². The minimum atomic E-state index is -0.393. The van der Waals surface area contributed by atoms with E-state index in [1.807, 2.05) is 6.92 Å². The first kappa shape index (κ1) is 26.6. The van der Waals surface area contributed by atoms with E-state index in [4.69, 9.17) is 4.74 Å². The summed E-state index contributed by atoms with van der Waals surface area (Å²) in [5.41, 5.74) is 1.01. The molecule has 10 nitrogen and oxygen atoms in total. The summed E-state index contributed by atoms with van der Waals surface area (Å²) in [7, 11) is 1.53. The highest BCUT2D eigenvalue weighted by Gasteiger charge is 2.18. The Kier molecular flexibility index (Phi) is 9.09. The third-order valence-corrected chi connectivity index (χ3v) is 7.56. The zero-order valence-corrected chi connectivity index (χ0v) is 22.3. The van der Waals surface area contributed by atoms with Gasteiger partial charge in [-0.25, -0.2) is 4.39 Å². The number of carbonyl (C=O) groups is 2. The van der Waals surface area contributed by atoms with Gasteiger partial charge in [0.15, 0.2) is 15.3 Å². The van der Waals surface area contributed by atoms with Gasteiger partial charge in [0, 0.05) is 11.3 Å². The van der Waals surface area contributed by atoms with Gasteiger partial charge in [-0.05, 0) is 48.2 Å². The predicted octanol–water partition coefficient (Wildman–Crippen LogP) is 4.04. The molecule has 0 saturated heterocycles. The molecule has 2 aromatic carbocycles. The Morgan fingerprint density at radius 1 is 1.08 bits per heavy atom. The average Bonchev–Trinajstić information content (AvgIpc) is 3.53. The fraction of sp³-hybridized carbons (Fsp3) is 0.217. The molecule has 2 N–H and O–H groups in total. The summed E-state index contributed by atoms with van der Waals surface area (Å²) in [6.07, 6.45) is 0. The van der Waals surface area contributed by atoms with Crippen molar-refractivity contribution >= 4 is 51.8 Å². The number of nitrogens with one attached hydrogen (secondary N) is 2. The molecule has 2 heterocycles. The lowest BCUT2D eigenvalue weighted by atomic mass is 10.2. The van der Waals surface area contributed by atoms with Crippen LogP contribution in [0.15, 0.2) is 58.0 Å². The molecule has 2 amide bonds. The number of amides is 2. The largest absolute Gasteiger partial charge is 0.497 e. The Bertz CT molecular complexity index is 1380. The summed E-state index contributed by atoms with van der Waals surface area (Å²) in [5.74, 6) is 0.875. The zero-order valence-electron chi connectivity index (χ0n) is 19.8. The number of benzene rings is 2. The van der Waals surface area contributed by atoms with E-state index < -0.39 is 5.82 Å². The third kappa shape index (κ3) is 7.05. The average molecular weight is 560 g/mol. The Morgan fingerprint density at radius 3 is 2.65 bits per heavy atom. The molecular formula is C23H22FN7O3S3. The minimum absolute atomic E-state index is 0.0331. The monoisotopic (exact) mass is 559 g/mol. The number of hydrogen-bond acceptors (Lipinski definition) is 10. The number of carbonyl (C=O) groups excluding carboxylic acids is 2. The molecule has 0 aliphatic carbocycles. The van der Waals surface area contributed by atoms with Crippen LogP contribution in [0.1, 0.15) is 23.1 Å². The summed E-state index contributed by atoms with van der Waals surface area (Å²) in [6, 6.07) is 12.5. The molecule has 0 aliphatic rings. The van der Waals surface area contributed by atoms with E-state index in [-0.39, 0.29) is 24.1 Å². The minimum Gasteiger partial charge on any atom is -0.497 e. The lowest BCUT2D eigenvalue weighted by molar-refractivity contribution is -0.113. The first-order chi connectivity index (χ1) is 18.0. The molecule has 0 saturated carbocycles. The quantitative estimate of drug-likeness (QED) is 0.207. The van der Waals surface area contributed by atoms with Gasteiger partial charge in [-0.15, -0.1) is 20.4 Å². The van der Waals surface area contributed by atoms with E-state index in [1.54, 1.807) is 52.7 Å². The van der Waals surface area contributed by atoms with Crippen molar-refractivity contribution in [2.75, 3.05) is 23.9 Å². The molecule has 0 unspecified atom stereocenters. The molecule has 14 heteroatoms. The molecule has 4 rings (SSSR count). The maximum atomic E-state index is 13.6. The van der Waals surface area contributed by atoms with Crippen LogP contribution < -0.4 is 15.4 Å². The number of aromatic nitrogens is 5. The third-order valence-electron chi connectivity index (χ3n) is 4.78. The second-order valence-electron chi connectivity index (χ2n) is 7.27. The van der Waals surface area contributed by atoms with Crippen molar-refractivity contribution < 1.29 is 18.7 Å². The van der Waals surface area contributed by atoms with E-state index in [0.717, 1.165) is 21.9 Å². The van der Waals surface area contributed by atoms with Crippen molar-refractivity contribution in [2.45, 2.75) is 23.0 Å². The molecule has 37 heavy (non-hydrogen) atoms. The van der Waals surface area contributed by atoms with Crippen molar-refractivity contribution in [2.24, 2.45) is 0 Å². The van der Waals surface area contributed by atoms with E-state index in [1.165, 1.54) is 30.6 Å². The number of nitrogens with zero attached hydrogens (tertiary/aromatic N) is 5. The first-order valence-corrected chi connectivity index (χ1v) is 13.8. The summed E-state index contributed by atoms with van der Waals surface area (Å²) >= 11 is 4.01. The second kappa shape index (κ2) is 12.7. The van der Waals surface area contributed by atoms with Crippen LogP contribution in [0.4, 0.5) is 9.52 Å². The summed E-state index contributed by atoms with van der Waals surface area (Å²) < 4.78 is 21.2. The Morgan fingerprint density at radius 2 is 1.89 bits per heavy atom. The summed E-state index contributed by atoms with van der Waals surface area (Å²) in [4.78, 5) is 25.2. The van der Waals surface area contributed by atoms with E-state index in [9.17, 15) is 14.0 Å². The van der Waals surface area contributed by atoms with Crippen molar-refractivity contribution in [3.05, 3.63) is 65.7 Å². The van der Waals surface area contributed by atoms with E-state index in [2.05, 4.69) is 31.0 Å². The Hall–Kier alpha value is -3.49. The lowest BCUT2D eigenvalue weighted by Crippen LogP contribution is -2.24. The van der Waals surface area contributed by atoms with Crippen molar-refractivity contribution in [3.63, 3.8) is 0 Å².